The molecule has 3 heterocycles. The van der Waals surface area contributed by atoms with Crippen molar-refractivity contribution in [3.8, 4) is 0 Å². The third-order valence-electron chi connectivity index (χ3n) is 4.80. The van der Waals surface area contributed by atoms with Gasteiger partial charge in [-0.3, -0.25) is 9.48 Å². The van der Waals surface area contributed by atoms with Crippen molar-refractivity contribution in [2.24, 2.45) is 4.99 Å². The Labute approximate surface area is 158 Å². The van der Waals surface area contributed by atoms with Crippen LogP contribution in [0.2, 0.25) is 0 Å². The maximum absolute atomic E-state index is 12.6. The number of nitrogens with zero attached hydrogens (tertiary/aromatic N) is 4. The number of aromatic nitrogens is 3. The quantitative estimate of drug-likeness (QED) is 0.776. The van der Waals surface area contributed by atoms with Crippen LogP contribution in [-0.4, -0.2) is 33.3 Å². The van der Waals surface area contributed by atoms with E-state index in [-0.39, 0.29) is 5.91 Å². The molecule has 3 aromatic rings. The Kier molecular flexibility index (Phi) is 5.25. The summed E-state index contributed by atoms with van der Waals surface area (Å²) >= 11 is 0. The highest BCUT2D eigenvalue weighted by molar-refractivity contribution is 5.92. The van der Waals surface area contributed by atoms with Crippen LogP contribution in [0.5, 0.6) is 0 Å². The minimum absolute atomic E-state index is 0.306. The van der Waals surface area contributed by atoms with E-state index in [0.717, 1.165) is 31.5 Å². The predicted octanol–water partition coefficient (Wildman–Crippen LogP) is 2.40. The van der Waals surface area contributed by atoms with Gasteiger partial charge in [0.05, 0.1) is 6.04 Å². The van der Waals surface area contributed by atoms with E-state index in [1.54, 1.807) is 6.07 Å². The zero-order valence-corrected chi connectivity index (χ0v) is 15.2. The minimum Gasteiger partial charge on any atom is -0.328 e. The van der Waals surface area contributed by atoms with Crippen LogP contribution in [0.25, 0.3) is 0 Å². The van der Waals surface area contributed by atoms with Crippen LogP contribution in [-0.2, 0) is 6.54 Å². The summed E-state index contributed by atoms with van der Waals surface area (Å²) in [6.45, 7) is 2.60. The van der Waals surface area contributed by atoms with Crippen LogP contribution in [0.3, 0.4) is 0 Å². The zero-order chi connectivity index (χ0) is 18.5. The van der Waals surface area contributed by atoms with Crippen LogP contribution in [0, 0.1) is 0 Å². The molecule has 6 heteroatoms. The molecule has 0 radical (unpaired) electrons. The number of benzene rings is 1. The lowest BCUT2D eigenvalue weighted by Gasteiger charge is -2.22. The predicted molar refractivity (Wildman–Crippen MR) is 103 cm³/mol. The van der Waals surface area contributed by atoms with E-state index in [4.69, 9.17) is 0 Å². The fourth-order valence-corrected chi connectivity index (χ4v) is 3.36. The summed E-state index contributed by atoms with van der Waals surface area (Å²) in [6, 6.07) is 17.9. The second-order valence-corrected chi connectivity index (χ2v) is 6.77. The van der Waals surface area contributed by atoms with E-state index < -0.39 is 0 Å². The summed E-state index contributed by atoms with van der Waals surface area (Å²) in [4.78, 5) is 17.0. The molecule has 138 valence electrons. The molecule has 2 aromatic heterocycles. The van der Waals surface area contributed by atoms with Crippen molar-refractivity contribution in [2.75, 3.05) is 13.1 Å². The Morgan fingerprint density at radius 2 is 1.96 bits per heavy atom. The lowest BCUT2D eigenvalue weighted by atomic mass is 10.1. The van der Waals surface area contributed by atoms with Gasteiger partial charge in [0, 0.05) is 25.5 Å². The average Bonchev–Trinajstić information content (AvgIpc) is 3.21. The van der Waals surface area contributed by atoms with E-state index in [9.17, 15) is 4.79 Å². The van der Waals surface area contributed by atoms with Crippen molar-refractivity contribution < 1.29 is 4.79 Å². The minimum atomic E-state index is -0.314. The first-order chi connectivity index (χ1) is 13.3. The monoisotopic (exact) mass is 361 g/mol. The summed E-state index contributed by atoms with van der Waals surface area (Å²) in [6.07, 6.45) is 6.02. The van der Waals surface area contributed by atoms with Gasteiger partial charge in [0.15, 0.2) is 5.69 Å². The van der Waals surface area contributed by atoms with Gasteiger partial charge in [-0.25, -0.2) is 0 Å². The van der Waals surface area contributed by atoms with Gasteiger partial charge in [-0.05, 0) is 43.1 Å². The molecule has 0 saturated carbocycles. The molecule has 1 saturated heterocycles. The third-order valence-corrected chi connectivity index (χ3v) is 4.80. The molecule has 4 rings (SSSR count). The fourth-order valence-electron chi connectivity index (χ4n) is 3.36. The molecule has 6 nitrogen and oxygen atoms in total. The fraction of sp³-hybridized carbons (Fsp3) is 0.286. The number of pyridine rings is 1. The normalized spacial score (nSPS) is 17.8. The molecule has 1 amide bonds. The number of amides is 1. The number of nitrogens with one attached hydrogen (secondary N) is 1. The number of hydrogen-bond donors (Lipinski definition) is 1. The van der Waals surface area contributed by atoms with Gasteiger partial charge in [0.25, 0.3) is 5.91 Å². The Bertz CT molecular complexity index is 967. The average molecular weight is 361 g/mol. The first-order valence-corrected chi connectivity index (χ1v) is 9.34. The van der Waals surface area contributed by atoms with Crippen molar-refractivity contribution in [1.29, 1.82) is 0 Å². The smallest absolute Gasteiger partial charge is 0.299 e. The van der Waals surface area contributed by atoms with Gasteiger partial charge in [-0.1, -0.05) is 36.4 Å². The van der Waals surface area contributed by atoms with Gasteiger partial charge < -0.3 is 9.88 Å². The molecule has 27 heavy (non-hydrogen) atoms. The topological polar surface area (TPSA) is 64.2 Å². The van der Waals surface area contributed by atoms with Gasteiger partial charge in [0.1, 0.15) is 5.49 Å². The van der Waals surface area contributed by atoms with E-state index in [1.165, 1.54) is 0 Å². The van der Waals surface area contributed by atoms with E-state index in [2.05, 4.69) is 27.5 Å². The van der Waals surface area contributed by atoms with Crippen LogP contribution >= 0.6 is 0 Å². The van der Waals surface area contributed by atoms with Crippen LogP contribution < -0.4 is 10.8 Å². The van der Waals surface area contributed by atoms with Crippen LogP contribution in [0.1, 0.15) is 34.9 Å². The summed E-state index contributed by atoms with van der Waals surface area (Å²) in [7, 11) is 0. The van der Waals surface area contributed by atoms with E-state index in [0.29, 0.717) is 23.8 Å². The zero-order valence-electron chi connectivity index (χ0n) is 15.2. The third kappa shape index (κ3) is 4.23. The molecule has 1 aromatic carbocycles. The Balaban J connectivity index is 1.57. The summed E-state index contributed by atoms with van der Waals surface area (Å²) < 4.78 is 3.85. The largest absolute Gasteiger partial charge is 0.328 e. The van der Waals surface area contributed by atoms with Gasteiger partial charge in [0.2, 0.25) is 0 Å². The molecule has 0 bridgehead atoms. The number of hydrogen-bond acceptors (Lipinski definition) is 3. The summed E-state index contributed by atoms with van der Waals surface area (Å²) in [5, 5.41) is 7.84. The molecule has 1 atom stereocenters. The molecular weight excluding hydrogens is 338 g/mol. The van der Waals surface area contributed by atoms with E-state index in [1.807, 2.05) is 58.0 Å². The first kappa shape index (κ1) is 17.4. The number of carbonyl (C=O) groups is 1. The van der Waals surface area contributed by atoms with Crippen molar-refractivity contribution in [2.45, 2.75) is 25.4 Å². The van der Waals surface area contributed by atoms with Gasteiger partial charge in [-0.2, -0.15) is 10.1 Å². The number of rotatable bonds is 4. The Morgan fingerprint density at radius 1 is 1.11 bits per heavy atom. The highest BCUT2D eigenvalue weighted by Crippen LogP contribution is 2.15. The molecule has 0 spiro atoms. The molecule has 0 aliphatic carbocycles. The van der Waals surface area contributed by atoms with Gasteiger partial charge >= 0.3 is 0 Å². The standard InChI is InChI=1S/C21H23N5O/c27-21(19-11-14-26(24-19)18-9-6-12-22-15-18)23-20-10-4-5-13-25(20)16-17-7-2-1-3-8-17/h1-5,7-8,10-11,13-14,18,22H,6,9,12,15-16H2. The highest BCUT2D eigenvalue weighted by Gasteiger charge is 2.17. The first-order valence-electron chi connectivity index (χ1n) is 9.34. The summed E-state index contributed by atoms with van der Waals surface area (Å²) in [5.74, 6) is -0.314. The van der Waals surface area contributed by atoms with Crippen molar-refractivity contribution >= 4 is 5.91 Å². The van der Waals surface area contributed by atoms with E-state index >= 15 is 0 Å². The molecule has 1 aliphatic rings. The van der Waals surface area contributed by atoms with Crippen molar-refractivity contribution in [1.82, 2.24) is 19.7 Å². The second kappa shape index (κ2) is 8.14. The van der Waals surface area contributed by atoms with Gasteiger partial charge in [-0.15, -0.1) is 0 Å². The summed E-state index contributed by atoms with van der Waals surface area (Å²) in [5.41, 5.74) is 2.17. The van der Waals surface area contributed by atoms with Crippen molar-refractivity contribution in [3.05, 3.63) is 83.7 Å². The lowest BCUT2D eigenvalue weighted by molar-refractivity contribution is 0.0991. The highest BCUT2D eigenvalue weighted by atomic mass is 16.1. The maximum Gasteiger partial charge on any atom is 0.299 e. The Hall–Kier alpha value is -2.99. The second-order valence-electron chi connectivity index (χ2n) is 6.77. The van der Waals surface area contributed by atoms with Crippen molar-refractivity contribution in [3.63, 3.8) is 0 Å². The maximum atomic E-state index is 12.6. The van der Waals surface area contributed by atoms with Crippen LogP contribution in [0.4, 0.5) is 0 Å². The number of piperidine rings is 1. The Morgan fingerprint density at radius 3 is 2.78 bits per heavy atom. The number of carbonyl (C=O) groups excluding carboxylic acids is 1. The lowest BCUT2D eigenvalue weighted by Crippen LogP contribution is -2.32. The SMILES string of the molecule is O=C(N=c1ccccn1Cc1ccccc1)c1ccn(C2CCCNC2)n1. The molecule has 1 aliphatic heterocycles. The molecule has 1 N–H and O–H groups in total. The molecular formula is C21H23N5O. The molecule has 1 unspecified atom stereocenters. The molecule has 1 fully saturated rings. The van der Waals surface area contributed by atoms with Crippen LogP contribution in [0.15, 0.2) is 72.0 Å².